The highest BCUT2D eigenvalue weighted by Gasteiger charge is 2.06. The summed E-state index contributed by atoms with van der Waals surface area (Å²) in [7, 11) is 1.58. The van der Waals surface area contributed by atoms with Crippen LogP contribution in [0.5, 0.6) is 17.4 Å². The number of ether oxygens (including phenoxy) is 2. The van der Waals surface area contributed by atoms with Gasteiger partial charge in [0, 0.05) is 11.8 Å². The van der Waals surface area contributed by atoms with E-state index < -0.39 is 0 Å². The van der Waals surface area contributed by atoms with E-state index in [2.05, 4.69) is 11.1 Å². The molecule has 2 rings (SSSR count). The largest absolute Gasteiger partial charge is 0.493 e. The molecule has 0 aliphatic heterocycles. The first-order valence-corrected chi connectivity index (χ1v) is 5.42. The zero-order chi connectivity index (χ0) is 13.0. The molecule has 0 bridgehead atoms. The van der Waals surface area contributed by atoms with Gasteiger partial charge in [0.1, 0.15) is 0 Å². The first-order chi connectivity index (χ1) is 8.72. The van der Waals surface area contributed by atoms with Gasteiger partial charge < -0.3 is 9.47 Å². The summed E-state index contributed by atoms with van der Waals surface area (Å²) in [6.07, 6.45) is 0. The van der Waals surface area contributed by atoms with Crippen molar-refractivity contribution in [1.82, 2.24) is 4.98 Å². The van der Waals surface area contributed by atoms with Gasteiger partial charge in [-0.2, -0.15) is 5.26 Å². The smallest absolute Gasteiger partial charge is 0.220 e. The number of nitriles is 1. The van der Waals surface area contributed by atoms with Gasteiger partial charge in [-0.3, -0.25) is 0 Å². The maximum absolute atomic E-state index is 8.90. The second-order valence-electron chi connectivity index (χ2n) is 3.70. The monoisotopic (exact) mass is 240 g/mol. The minimum Gasteiger partial charge on any atom is -0.493 e. The number of hydrogen-bond acceptors (Lipinski definition) is 4. The fourth-order valence-corrected chi connectivity index (χ4v) is 1.57. The first-order valence-electron chi connectivity index (χ1n) is 5.42. The topological polar surface area (TPSA) is 55.1 Å². The van der Waals surface area contributed by atoms with E-state index in [0.717, 1.165) is 5.69 Å². The van der Waals surface area contributed by atoms with Gasteiger partial charge in [0.05, 0.1) is 18.7 Å². The van der Waals surface area contributed by atoms with Crippen molar-refractivity contribution in [1.29, 1.82) is 5.26 Å². The van der Waals surface area contributed by atoms with Crippen LogP contribution in [0.4, 0.5) is 0 Å². The Labute approximate surface area is 105 Å². The number of para-hydroxylation sites is 2. The van der Waals surface area contributed by atoms with Crippen molar-refractivity contribution in [2.75, 3.05) is 7.11 Å². The summed E-state index contributed by atoms with van der Waals surface area (Å²) in [5.74, 6) is 1.58. The molecular weight excluding hydrogens is 228 g/mol. The van der Waals surface area contributed by atoms with Crippen LogP contribution in [0.25, 0.3) is 0 Å². The lowest BCUT2D eigenvalue weighted by atomic mass is 10.2. The fourth-order valence-electron chi connectivity index (χ4n) is 1.57. The van der Waals surface area contributed by atoms with Crippen LogP contribution < -0.4 is 9.47 Å². The summed E-state index contributed by atoms with van der Waals surface area (Å²) in [5.41, 5.74) is 1.26. The Morgan fingerprint density at radius 2 is 1.89 bits per heavy atom. The third-order valence-corrected chi connectivity index (χ3v) is 2.34. The molecule has 0 N–H and O–H groups in total. The molecule has 4 heteroatoms. The Balaban J connectivity index is 2.34. The second kappa shape index (κ2) is 5.19. The van der Waals surface area contributed by atoms with E-state index in [1.54, 1.807) is 31.4 Å². The molecule has 1 heterocycles. The van der Waals surface area contributed by atoms with Crippen LogP contribution >= 0.6 is 0 Å². The Morgan fingerprint density at radius 3 is 2.56 bits per heavy atom. The van der Waals surface area contributed by atoms with E-state index in [9.17, 15) is 0 Å². The number of hydrogen-bond donors (Lipinski definition) is 0. The van der Waals surface area contributed by atoms with Gasteiger partial charge in [0.25, 0.3) is 0 Å². The highest BCUT2D eigenvalue weighted by Crippen LogP contribution is 2.30. The molecule has 4 nitrogen and oxygen atoms in total. The predicted octanol–water partition coefficient (Wildman–Crippen LogP) is 3.06. The normalized spacial score (nSPS) is 9.61. The predicted molar refractivity (Wildman–Crippen MR) is 66.8 cm³/mol. The molecule has 1 aromatic carbocycles. The summed E-state index contributed by atoms with van der Waals surface area (Å²) in [4.78, 5) is 4.22. The first kappa shape index (κ1) is 11.9. The Bertz CT molecular complexity index is 603. The SMILES string of the molecule is COc1ccccc1Oc1cc(C#N)cc(C)n1. The van der Waals surface area contributed by atoms with Crippen molar-refractivity contribution in [2.45, 2.75) is 6.92 Å². The molecule has 0 saturated carbocycles. The fraction of sp³-hybridized carbons (Fsp3) is 0.143. The van der Waals surface area contributed by atoms with E-state index in [1.165, 1.54) is 0 Å². The molecule has 0 spiro atoms. The zero-order valence-corrected chi connectivity index (χ0v) is 10.2. The van der Waals surface area contributed by atoms with Crippen LogP contribution in [0.1, 0.15) is 11.3 Å². The summed E-state index contributed by atoms with van der Waals surface area (Å²) in [6, 6.07) is 12.7. The molecule has 0 aliphatic rings. The van der Waals surface area contributed by atoms with Crippen molar-refractivity contribution in [2.24, 2.45) is 0 Å². The molecule has 0 aliphatic carbocycles. The highest BCUT2D eigenvalue weighted by atomic mass is 16.5. The van der Waals surface area contributed by atoms with Crippen LogP contribution in [0.15, 0.2) is 36.4 Å². The standard InChI is InChI=1S/C14H12N2O2/c1-10-7-11(9-15)8-14(16-10)18-13-6-4-3-5-12(13)17-2/h3-8H,1-2H3. The van der Waals surface area contributed by atoms with E-state index in [-0.39, 0.29) is 0 Å². The van der Waals surface area contributed by atoms with Crippen molar-refractivity contribution >= 4 is 0 Å². The van der Waals surface area contributed by atoms with Gasteiger partial charge in [-0.15, -0.1) is 0 Å². The molecule has 18 heavy (non-hydrogen) atoms. The zero-order valence-electron chi connectivity index (χ0n) is 10.2. The number of pyridine rings is 1. The molecule has 0 atom stereocenters. The van der Waals surface area contributed by atoms with E-state index >= 15 is 0 Å². The van der Waals surface area contributed by atoms with Crippen LogP contribution in [0, 0.1) is 18.3 Å². The van der Waals surface area contributed by atoms with Crippen LogP contribution in [-0.4, -0.2) is 12.1 Å². The maximum Gasteiger partial charge on any atom is 0.220 e. The van der Waals surface area contributed by atoms with E-state index in [0.29, 0.717) is 22.9 Å². The maximum atomic E-state index is 8.90. The molecule has 90 valence electrons. The van der Waals surface area contributed by atoms with Gasteiger partial charge in [0.2, 0.25) is 5.88 Å². The summed E-state index contributed by atoms with van der Waals surface area (Å²) >= 11 is 0. The number of aromatic nitrogens is 1. The van der Waals surface area contributed by atoms with Gasteiger partial charge in [-0.1, -0.05) is 12.1 Å². The van der Waals surface area contributed by atoms with Gasteiger partial charge in [-0.05, 0) is 25.1 Å². The van der Waals surface area contributed by atoms with Gasteiger partial charge >= 0.3 is 0 Å². The number of benzene rings is 1. The number of methoxy groups -OCH3 is 1. The van der Waals surface area contributed by atoms with Gasteiger partial charge in [0.15, 0.2) is 11.5 Å². The van der Waals surface area contributed by atoms with Crippen molar-refractivity contribution in [3.05, 3.63) is 47.7 Å². The lowest BCUT2D eigenvalue weighted by Crippen LogP contribution is -1.94. The third-order valence-electron chi connectivity index (χ3n) is 2.34. The molecule has 2 aromatic rings. The Hall–Kier alpha value is -2.54. The van der Waals surface area contributed by atoms with Crippen LogP contribution in [-0.2, 0) is 0 Å². The van der Waals surface area contributed by atoms with E-state index in [4.69, 9.17) is 14.7 Å². The van der Waals surface area contributed by atoms with Crippen molar-refractivity contribution in [3.63, 3.8) is 0 Å². The average Bonchev–Trinajstić information content (AvgIpc) is 2.38. The summed E-state index contributed by atoms with van der Waals surface area (Å²) in [6.45, 7) is 1.82. The van der Waals surface area contributed by atoms with Crippen LogP contribution in [0.2, 0.25) is 0 Å². The van der Waals surface area contributed by atoms with Crippen LogP contribution in [0.3, 0.4) is 0 Å². The molecule has 1 aromatic heterocycles. The summed E-state index contributed by atoms with van der Waals surface area (Å²) < 4.78 is 10.8. The molecule has 0 saturated heterocycles. The minimum atomic E-state index is 0.385. The lowest BCUT2D eigenvalue weighted by molar-refractivity contribution is 0.374. The molecule has 0 unspecified atom stereocenters. The minimum absolute atomic E-state index is 0.385. The highest BCUT2D eigenvalue weighted by molar-refractivity contribution is 5.43. The van der Waals surface area contributed by atoms with E-state index in [1.807, 2.05) is 19.1 Å². The number of aryl methyl sites for hydroxylation is 1. The second-order valence-corrected chi connectivity index (χ2v) is 3.70. The average molecular weight is 240 g/mol. The summed E-state index contributed by atoms with van der Waals surface area (Å²) in [5, 5.41) is 8.90. The Morgan fingerprint density at radius 1 is 1.17 bits per heavy atom. The molecule has 0 fully saturated rings. The van der Waals surface area contributed by atoms with Crippen molar-refractivity contribution in [3.8, 4) is 23.4 Å². The Kier molecular flexibility index (Phi) is 3.44. The quantitative estimate of drug-likeness (QED) is 0.827. The van der Waals surface area contributed by atoms with Crippen molar-refractivity contribution < 1.29 is 9.47 Å². The third kappa shape index (κ3) is 2.58. The number of nitrogens with zero attached hydrogens (tertiary/aromatic N) is 2. The lowest BCUT2D eigenvalue weighted by Gasteiger charge is -2.09. The molecular formula is C14H12N2O2. The molecule has 0 radical (unpaired) electrons. The molecule has 0 amide bonds. The van der Waals surface area contributed by atoms with Gasteiger partial charge in [-0.25, -0.2) is 4.98 Å². The number of rotatable bonds is 3.